The minimum Gasteiger partial charge on any atom is -0.339 e. The lowest BCUT2D eigenvalue weighted by atomic mass is 9.96. The fraction of sp³-hybridized carbons (Fsp3) is 0.500. The van der Waals surface area contributed by atoms with Gasteiger partial charge in [0.25, 0.3) is 0 Å². The van der Waals surface area contributed by atoms with Crippen molar-refractivity contribution < 1.29 is 4.52 Å². The molecule has 1 aromatic carbocycles. The Morgan fingerprint density at radius 3 is 2.82 bits per heavy atom. The van der Waals surface area contributed by atoms with Crippen LogP contribution in [0.2, 0.25) is 0 Å². The first-order chi connectivity index (χ1) is 10.3. The molecule has 1 N–H and O–H groups in total. The highest BCUT2D eigenvalue weighted by molar-refractivity contribution is 5.85. The van der Waals surface area contributed by atoms with Crippen LogP contribution in [-0.4, -0.2) is 41.7 Å². The maximum atomic E-state index is 5.56. The van der Waals surface area contributed by atoms with Crippen molar-refractivity contribution in [3.63, 3.8) is 0 Å². The predicted molar refractivity (Wildman–Crippen MR) is 88.4 cm³/mol. The molecule has 1 fully saturated rings. The zero-order valence-electron chi connectivity index (χ0n) is 13.0. The second-order valence-electron chi connectivity index (χ2n) is 5.56. The lowest BCUT2D eigenvalue weighted by Crippen LogP contribution is -2.44. The van der Waals surface area contributed by atoms with Gasteiger partial charge in [0.15, 0.2) is 5.82 Å². The molecule has 22 heavy (non-hydrogen) atoms. The third kappa shape index (κ3) is 3.48. The van der Waals surface area contributed by atoms with E-state index in [-0.39, 0.29) is 24.4 Å². The number of hydrogen-bond acceptors (Lipinski definition) is 5. The van der Waals surface area contributed by atoms with Crippen molar-refractivity contribution in [1.82, 2.24) is 20.4 Å². The number of piperazine rings is 1. The van der Waals surface area contributed by atoms with Gasteiger partial charge in [-0.15, -0.1) is 12.4 Å². The van der Waals surface area contributed by atoms with Crippen molar-refractivity contribution >= 4 is 12.4 Å². The number of halogens is 1. The van der Waals surface area contributed by atoms with Gasteiger partial charge in [0, 0.05) is 19.6 Å². The summed E-state index contributed by atoms with van der Waals surface area (Å²) in [6.07, 6.45) is 0.949. The molecule has 5 nitrogen and oxygen atoms in total. The van der Waals surface area contributed by atoms with Gasteiger partial charge in [-0.2, -0.15) is 4.98 Å². The van der Waals surface area contributed by atoms with Gasteiger partial charge in [0.05, 0.1) is 12.0 Å². The quantitative estimate of drug-likeness (QED) is 0.937. The van der Waals surface area contributed by atoms with Gasteiger partial charge in [0.1, 0.15) is 0 Å². The number of likely N-dealkylation sites (N-methyl/N-ethyl adjacent to an activating group) is 1. The Balaban J connectivity index is 0.00000176. The summed E-state index contributed by atoms with van der Waals surface area (Å²) in [5.41, 5.74) is 1.23. The molecule has 0 spiro atoms. The molecule has 1 saturated heterocycles. The smallest absolute Gasteiger partial charge is 0.234 e. The topological polar surface area (TPSA) is 54.2 Å². The van der Waals surface area contributed by atoms with Crippen LogP contribution in [-0.2, 0) is 0 Å². The summed E-state index contributed by atoms with van der Waals surface area (Å²) in [7, 11) is 2.11. The van der Waals surface area contributed by atoms with E-state index in [9.17, 15) is 0 Å². The van der Waals surface area contributed by atoms with Gasteiger partial charge < -0.3 is 9.84 Å². The molecule has 120 valence electrons. The molecular formula is C16H23ClN4O. The summed E-state index contributed by atoms with van der Waals surface area (Å²) < 4.78 is 5.56. The first-order valence-electron chi connectivity index (χ1n) is 7.59. The molecule has 0 radical (unpaired) electrons. The molecule has 1 aliphatic heterocycles. The van der Waals surface area contributed by atoms with Crippen molar-refractivity contribution in [2.24, 2.45) is 0 Å². The van der Waals surface area contributed by atoms with Gasteiger partial charge in [-0.1, -0.05) is 42.4 Å². The average molecular weight is 323 g/mol. The predicted octanol–water partition coefficient (Wildman–Crippen LogP) is 2.61. The molecule has 2 atom stereocenters. The zero-order valence-corrected chi connectivity index (χ0v) is 13.8. The van der Waals surface area contributed by atoms with E-state index >= 15 is 0 Å². The van der Waals surface area contributed by atoms with Crippen LogP contribution in [0.3, 0.4) is 0 Å². The number of nitrogens with zero attached hydrogens (tertiary/aromatic N) is 3. The Kier molecular flexibility index (Phi) is 5.94. The average Bonchev–Trinajstić information content (AvgIpc) is 2.99. The molecular weight excluding hydrogens is 300 g/mol. The lowest BCUT2D eigenvalue weighted by Gasteiger charge is -2.30. The van der Waals surface area contributed by atoms with E-state index in [1.54, 1.807) is 0 Å². The van der Waals surface area contributed by atoms with Crippen LogP contribution in [0.15, 0.2) is 34.9 Å². The van der Waals surface area contributed by atoms with Gasteiger partial charge >= 0.3 is 0 Å². The highest BCUT2D eigenvalue weighted by atomic mass is 35.5. The van der Waals surface area contributed by atoms with E-state index in [2.05, 4.69) is 46.5 Å². The molecule has 2 unspecified atom stereocenters. The van der Waals surface area contributed by atoms with Crippen LogP contribution in [0.1, 0.15) is 42.6 Å². The molecule has 0 saturated carbocycles. The third-order valence-corrected chi connectivity index (χ3v) is 4.17. The minimum atomic E-state index is 0. The van der Waals surface area contributed by atoms with Crippen LogP contribution in [0, 0.1) is 0 Å². The molecule has 3 rings (SSSR count). The third-order valence-electron chi connectivity index (χ3n) is 4.17. The van der Waals surface area contributed by atoms with Crippen molar-refractivity contribution in [3.05, 3.63) is 47.6 Å². The molecule has 2 aromatic rings. The number of rotatable bonds is 4. The normalized spacial score (nSPS) is 20.4. The van der Waals surface area contributed by atoms with Crippen molar-refractivity contribution in [1.29, 1.82) is 0 Å². The molecule has 1 aliphatic rings. The Morgan fingerprint density at radius 2 is 2.14 bits per heavy atom. The van der Waals surface area contributed by atoms with E-state index in [4.69, 9.17) is 4.52 Å². The molecule has 2 heterocycles. The molecule has 0 amide bonds. The lowest BCUT2D eigenvalue weighted by molar-refractivity contribution is 0.190. The van der Waals surface area contributed by atoms with Crippen LogP contribution < -0.4 is 5.32 Å². The number of benzene rings is 1. The minimum absolute atomic E-state index is 0. The van der Waals surface area contributed by atoms with E-state index in [1.165, 1.54) is 5.56 Å². The SMILES string of the molecule is CCC(c1ccccc1)c1nc(C2CNCCN2C)no1.Cl. The zero-order chi connectivity index (χ0) is 14.7. The van der Waals surface area contributed by atoms with E-state index < -0.39 is 0 Å². The van der Waals surface area contributed by atoms with Gasteiger partial charge in [-0.25, -0.2) is 0 Å². The van der Waals surface area contributed by atoms with Crippen molar-refractivity contribution in [2.45, 2.75) is 25.3 Å². The fourth-order valence-electron chi connectivity index (χ4n) is 2.86. The second kappa shape index (κ2) is 7.72. The van der Waals surface area contributed by atoms with Gasteiger partial charge in [-0.05, 0) is 19.0 Å². The largest absolute Gasteiger partial charge is 0.339 e. The summed E-state index contributed by atoms with van der Waals surface area (Å²) >= 11 is 0. The maximum Gasteiger partial charge on any atom is 0.234 e. The summed E-state index contributed by atoms with van der Waals surface area (Å²) in [5.74, 6) is 1.68. The van der Waals surface area contributed by atoms with E-state index in [0.717, 1.165) is 37.8 Å². The Hall–Kier alpha value is -1.43. The van der Waals surface area contributed by atoms with Crippen molar-refractivity contribution in [3.8, 4) is 0 Å². The Morgan fingerprint density at radius 1 is 1.36 bits per heavy atom. The summed E-state index contributed by atoms with van der Waals surface area (Å²) in [5, 5.41) is 7.60. The van der Waals surface area contributed by atoms with Crippen LogP contribution in [0.5, 0.6) is 0 Å². The number of aromatic nitrogens is 2. The van der Waals surface area contributed by atoms with E-state index in [1.807, 2.05) is 18.2 Å². The maximum absolute atomic E-state index is 5.56. The summed E-state index contributed by atoms with van der Waals surface area (Å²) in [4.78, 5) is 6.94. The molecule has 0 aliphatic carbocycles. The van der Waals surface area contributed by atoms with Crippen molar-refractivity contribution in [2.75, 3.05) is 26.7 Å². The van der Waals surface area contributed by atoms with Crippen LogP contribution in [0.25, 0.3) is 0 Å². The van der Waals surface area contributed by atoms with Crippen LogP contribution in [0.4, 0.5) is 0 Å². The first-order valence-corrected chi connectivity index (χ1v) is 7.59. The monoisotopic (exact) mass is 322 g/mol. The first kappa shape index (κ1) is 16.9. The van der Waals surface area contributed by atoms with E-state index in [0.29, 0.717) is 0 Å². The highest BCUT2D eigenvalue weighted by Gasteiger charge is 2.27. The fourth-order valence-corrected chi connectivity index (χ4v) is 2.86. The highest BCUT2D eigenvalue weighted by Crippen LogP contribution is 2.28. The van der Waals surface area contributed by atoms with Gasteiger partial charge in [-0.3, -0.25) is 4.90 Å². The molecule has 1 aromatic heterocycles. The standard InChI is InChI=1S/C16H22N4O.ClH/c1-3-13(12-7-5-4-6-8-12)16-18-15(19-21-16)14-11-17-9-10-20(14)2;/h4-8,13-14,17H,3,9-11H2,1-2H3;1H. The Labute approximate surface area is 137 Å². The van der Waals surface area contributed by atoms with Gasteiger partial charge in [0.2, 0.25) is 5.89 Å². The molecule has 6 heteroatoms. The summed E-state index contributed by atoms with van der Waals surface area (Å²) in [6.45, 7) is 5.04. The Bertz CT molecular complexity index is 575. The second-order valence-corrected chi connectivity index (χ2v) is 5.56. The van der Waals surface area contributed by atoms with Crippen LogP contribution >= 0.6 is 12.4 Å². The molecule has 0 bridgehead atoms. The number of hydrogen-bond donors (Lipinski definition) is 1. The summed E-state index contributed by atoms with van der Waals surface area (Å²) in [6, 6.07) is 10.6. The number of nitrogens with one attached hydrogen (secondary N) is 1.